The van der Waals surface area contributed by atoms with Crippen LogP contribution in [0.5, 0.6) is 0 Å². The Morgan fingerprint density at radius 3 is 2.64 bits per heavy atom. The Labute approximate surface area is 148 Å². The SMILES string of the molecule is CCc1nc(CN(C)C(=O)C2CCCN2C(=O)C2CCCCC2)no1. The molecule has 7 nitrogen and oxygen atoms in total. The van der Waals surface area contributed by atoms with E-state index in [1.54, 1.807) is 11.9 Å². The highest BCUT2D eigenvalue weighted by atomic mass is 16.5. The Balaban J connectivity index is 1.62. The number of likely N-dealkylation sites (tertiary alicyclic amines) is 1. The molecule has 1 aromatic rings. The third-order valence-corrected chi connectivity index (χ3v) is 5.34. The molecule has 1 saturated heterocycles. The van der Waals surface area contributed by atoms with Crippen molar-refractivity contribution >= 4 is 11.8 Å². The number of carbonyl (C=O) groups excluding carboxylic acids is 2. The lowest BCUT2D eigenvalue weighted by atomic mass is 9.88. The summed E-state index contributed by atoms with van der Waals surface area (Å²) in [6.07, 6.45) is 7.72. The molecular formula is C18H28N4O3. The molecule has 1 atom stereocenters. The van der Waals surface area contributed by atoms with Crippen molar-refractivity contribution in [2.45, 2.75) is 70.9 Å². The fourth-order valence-corrected chi connectivity index (χ4v) is 3.91. The van der Waals surface area contributed by atoms with Crippen LogP contribution < -0.4 is 0 Å². The van der Waals surface area contributed by atoms with E-state index >= 15 is 0 Å². The molecule has 2 heterocycles. The van der Waals surface area contributed by atoms with E-state index in [4.69, 9.17) is 4.52 Å². The van der Waals surface area contributed by atoms with Gasteiger partial charge in [-0.1, -0.05) is 31.3 Å². The fourth-order valence-electron chi connectivity index (χ4n) is 3.91. The first-order chi connectivity index (χ1) is 12.1. The Bertz CT molecular complexity index is 609. The summed E-state index contributed by atoms with van der Waals surface area (Å²) in [6, 6.07) is -0.336. The monoisotopic (exact) mass is 348 g/mol. The summed E-state index contributed by atoms with van der Waals surface area (Å²) in [7, 11) is 1.74. The summed E-state index contributed by atoms with van der Waals surface area (Å²) < 4.78 is 5.09. The van der Waals surface area contributed by atoms with E-state index in [2.05, 4.69) is 10.1 Å². The topological polar surface area (TPSA) is 79.5 Å². The molecule has 0 spiro atoms. The zero-order valence-electron chi connectivity index (χ0n) is 15.2. The average molecular weight is 348 g/mol. The van der Waals surface area contributed by atoms with Crippen molar-refractivity contribution in [2.24, 2.45) is 5.92 Å². The predicted molar refractivity (Wildman–Crippen MR) is 91.5 cm³/mol. The van der Waals surface area contributed by atoms with Crippen molar-refractivity contribution in [3.63, 3.8) is 0 Å². The number of likely N-dealkylation sites (N-methyl/N-ethyl adjacent to an activating group) is 1. The van der Waals surface area contributed by atoms with E-state index in [-0.39, 0.29) is 23.8 Å². The van der Waals surface area contributed by atoms with Crippen molar-refractivity contribution in [2.75, 3.05) is 13.6 Å². The number of amides is 2. The molecule has 25 heavy (non-hydrogen) atoms. The molecular weight excluding hydrogens is 320 g/mol. The molecule has 2 amide bonds. The second-order valence-corrected chi connectivity index (χ2v) is 7.18. The third kappa shape index (κ3) is 4.02. The first kappa shape index (κ1) is 17.9. The fraction of sp³-hybridized carbons (Fsp3) is 0.778. The van der Waals surface area contributed by atoms with E-state index in [0.29, 0.717) is 31.2 Å². The van der Waals surface area contributed by atoms with Crippen LogP contribution in [0.4, 0.5) is 0 Å². The van der Waals surface area contributed by atoms with Crippen LogP contribution in [0.25, 0.3) is 0 Å². The summed E-state index contributed by atoms with van der Waals surface area (Å²) in [5, 5.41) is 3.90. The molecule has 2 fully saturated rings. The van der Waals surface area contributed by atoms with Crippen LogP contribution >= 0.6 is 0 Å². The minimum absolute atomic E-state index is 0.0236. The van der Waals surface area contributed by atoms with Gasteiger partial charge in [0.2, 0.25) is 17.7 Å². The molecule has 0 N–H and O–H groups in total. The van der Waals surface area contributed by atoms with Crippen LogP contribution in [0.15, 0.2) is 4.52 Å². The van der Waals surface area contributed by atoms with Crippen LogP contribution in [-0.2, 0) is 22.6 Å². The van der Waals surface area contributed by atoms with Gasteiger partial charge in [-0.25, -0.2) is 0 Å². The summed E-state index contributed by atoms with van der Waals surface area (Å²) in [5.41, 5.74) is 0. The van der Waals surface area contributed by atoms with Gasteiger partial charge in [0.25, 0.3) is 0 Å². The first-order valence-electron chi connectivity index (χ1n) is 9.47. The van der Waals surface area contributed by atoms with Gasteiger partial charge in [-0.2, -0.15) is 4.98 Å². The van der Waals surface area contributed by atoms with E-state index in [1.807, 2.05) is 11.8 Å². The van der Waals surface area contributed by atoms with Crippen molar-refractivity contribution in [1.82, 2.24) is 19.9 Å². The second-order valence-electron chi connectivity index (χ2n) is 7.18. The number of aryl methyl sites for hydroxylation is 1. The molecule has 2 aliphatic rings. The summed E-state index contributed by atoms with van der Waals surface area (Å²) >= 11 is 0. The molecule has 3 rings (SSSR count). The third-order valence-electron chi connectivity index (χ3n) is 5.34. The molecule has 0 radical (unpaired) electrons. The van der Waals surface area contributed by atoms with Gasteiger partial charge in [-0.05, 0) is 25.7 Å². The lowest BCUT2D eigenvalue weighted by Crippen LogP contribution is -2.48. The Morgan fingerprint density at radius 1 is 1.20 bits per heavy atom. The van der Waals surface area contributed by atoms with Crippen LogP contribution in [0, 0.1) is 5.92 Å². The van der Waals surface area contributed by atoms with Gasteiger partial charge in [0, 0.05) is 25.9 Å². The van der Waals surface area contributed by atoms with Crippen molar-refractivity contribution in [1.29, 1.82) is 0 Å². The number of nitrogens with zero attached hydrogens (tertiary/aromatic N) is 4. The average Bonchev–Trinajstić information content (AvgIpc) is 3.30. The van der Waals surface area contributed by atoms with Crippen LogP contribution in [0.1, 0.15) is 63.6 Å². The van der Waals surface area contributed by atoms with E-state index in [9.17, 15) is 9.59 Å². The molecule has 0 aromatic carbocycles. The minimum Gasteiger partial charge on any atom is -0.339 e. The largest absolute Gasteiger partial charge is 0.339 e. The number of aromatic nitrogens is 2. The van der Waals surface area contributed by atoms with Gasteiger partial charge in [0.05, 0.1) is 6.54 Å². The maximum Gasteiger partial charge on any atom is 0.245 e. The maximum atomic E-state index is 12.9. The number of hydrogen-bond donors (Lipinski definition) is 0. The normalized spacial score (nSPS) is 21.5. The quantitative estimate of drug-likeness (QED) is 0.815. The highest BCUT2D eigenvalue weighted by Gasteiger charge is 2.38. The lowest BCUT2D eigenvalue weighted by Gasteiger charge is -2.31. The Morgan fingerprint density at radius 2 is 1.96 bits per heavy atom. The molecule has 138 valence electrons. The van der Waals surface area contributed by atoms with Gasteiger partial charge in [-0.3, -0.25) is 9.59 Å². The first-order valence-corrected chi connectivity index (χ1v) is 9.47. The van der Waals surface area contributed by atoms with E-state index in [0.717, 1.165) is 38.5 Å². The smallest absolute Gasteiger partial charge is 0.245 e. The zero-order chi connectivity index (χ0) is 17.8. The van der Waals surface area contributed by atoms with Crippen LogP contribution in [0.3, 0.4) is 0 Å². The molecule has 0 bridgehead atoms. The van der Waals surface area contributed by atoms with E-state index in [1.165, 1.54) is 6.42 Å². The Kier molecular flexibility index (Phi) is 5.71. The van der Waals surface area contributed by atoms with Crippen molar-refractivity contribution < 1.29 is 14.1 Å². The molecule has 1 aliphatic heterocycles. The van der Waals surface area contributed by atoms with Gasteiger partial charge in [0.15, 0.2) is 5.82 Å². The number of rotatable bonds is 5. The van der Waals surface area contributed by atoms with Gasteiger partial charge in [-0.15, -0.1) is 0 Å². The highest BCUT2D eigenvalue weighted by Crippen LogP contribution is 2.29. The molecule has 1 aliphatic carbocycles. The van der Waals surface area contributed by atoms with Crippen molar-refractivity contribution in [3.05, 3.63) is 11.7 Å². The molecule has 7 heteroatoms. The summed E-state index contributed by atoms with van der Waals surface area (Å²) in [4.78, 5) is 33.4. The van der Waals surface area contributed by atoms with Crippen LogP contribution in [0.2, 0.25) is 0 Å². The van der Waals surface area contributed by atoms with Crippen molar-refractivity contribution in [3.8, 4) is 0 Å². The molecule has 1 aromatic heterocycles. The summed E-state index contributed by atoms with van der Waals surface area (Å²) in [5.74, 6) is 1.35. The molecule has 1 unspecified atom stereocenters. The van der Waals surface area contributed by atoms with E-state index < -0.39 is 0 Å². The standard InChI is InChI=1S/C18H28N4O3/c1-3-16-19-15(20-25-16)12-21(2)18(24)14-10-7-11-22(14)17(23)13-8-5-4-6-9-13/h13-14H,3-12H2,1-2H3. The predicted octanol–water partition coefficient (Wildman–Crippen LogP) is 2.16. The van der Waals surface area contributed by atoms with Crippen LogP contribution in [-0.4, -0.2) is 51.4 Å². The highest BCUT2D eigenvalue weighted by molar-refractivity contribution is 5.89. The number of hydrogen-bond acceptors (Lipinski definition) is 5. The lowest BCUT2D eigenvalue weighted by molar-refractivity contribution is -0.146. The second kappa shape index (κ2) is 7.97. The Hall–Kier alpha value is -1.92. The number of carbonyl (C=O) groups is 2. The summed E-state index contributed by atoms with van der Waals surface area (Å²) in [6.45, 7) is 2.95. The van der Waals surface area contributed by atoms with Gasteiger partial charge in [0.1, 0.15) is 6.04 Å². The van der Waals surface area contributed by atoms with Gasteiger partial charge < -0.3 is 14.3 Å². The maximum absolute atomic E-state index is 12.9. The zero-order valence-corrected chi connectivity index (χ0v) is 15.2. The van der Waals surface area contributed by atoms with Gasteiger partial charge >= 0.3 is 0 Å². The minimum atomic E-state index is -0.336. The molecule has 1 saturated carbocycles.